The summed E-state index contributed by atoms with van der Waals surface area (Å²) >= 11 is 0. The second-order valence-corrected chi connectivity index (χ2v) is 4.74. The summed E-state index contributed by atoms with van der Waals surface area (Å²) < 4.78 is 0. The van der Waals surface area contributed by atoms with Gasteiger partial charge >= 0.3 is 6.03 Å². The highest BCUT2D eigenvalue weighted by molar-refractivity contribution is 5.76. The van der Waals surface area contributed by atoms with Crippen LogP contribution in [-0.2, 0) is 5.54 Å². The van der Waals surface area contributed by atoms with Gasteiger partial charge in [0, 0.05) is 24.8 Å². The van der Waals surface area contributed by atoms with Gasteiger partial charge in [-0.2, -0.15) is 0 Å². The number of nitrogens with one attached hydrogen (secondary N) is 1. The number of benzene rings is 1. The van der Waals surface area contributed by atoms with Gasteiger partial charge in [-0.1, -0.05) is 18.2 Å². The van der Waals surface area contributed by atoms with Crippen molar-refractivity contribution >= 4 is 11.7 Å². The predicted octanol–water partition coefficient (Wildman–Crippen LogP) is 0.892. The van der Waals surface area contributed by atoms with Gasteiger partial charge < -0.3 is 21.1 Å². The first-order valence-electron chi connectivity index (χ1n) is 6.08. The van der Waals surface area contributed by atoms with Crippen LogP contribution in [0.2, 0.25) is 0 Å². The quantitative estimate of drug-likeness (QED) is 0.693. The molecule has 18 heavy (non-hydrogen) atoms. The molecule has 1 saturated carbocycles. The summed E-state index contributed by atoms with van der Waals surface area (Å²) in [7, 11) is 1.66. The minimum Gasteiger partial charge on any atom is -0.398 e. The molecule has 1 fully saturated rings. The standard InChI is InChI=1S/C13H19N3O2/c1-16(8-9-17)12(18)15-13(6-7-13)10-4-2-3-5-11(10)14/h2-5,17H,6-9,14H2,1H3,(H,15,18). The van der Waals surface area contributed by atoms with Crippen LogP contribution in [-0.4, -0.2) is 36.2 Å². The van der Waals surface area contributed by atoms with Crippen LogP contribution in [0.25, 0.3) is 0 Å². The molecule has 0 radical (unpaired) electrons. The fourth-order valence-corrected chi connectivity index (χ4v) is 2.07. The van der Waals surface area contributed by atoms with E-state index in [1.165, 1.54) is 4.90 Å². The third kappa shape index (κ3) is 2.41. The highest BCUT2D eigenvalue weighted by atomic mass is 16.3. The van der Waals surface area contributed by atoms with Crippen LogP contribution in [0.15, 0.2) is 24.3 Å². The lowest BCUT2D eigenvalue weighted by Crippen LogP contribution is -2.44. The lowest BCUT2D eigenvalue weighted by Gasteiger charge is -2.24. The first-order valence-corrected chi connectivity index (χ1v) is 6.08. The zero-order valence-corrected chi connectivity index (χ0v) is 10.5. The number of carbonyl (C=O) groups is 1. The second-order valence-electron chi connectivity index (χ2n) is 4.74. The van der Waals surface area contributed by atoms with Crippen LogP contribution in [0, 0.1) is 0 Å². The van der Waals surface area contributed by atoms with Crippen molar-refractivity contribution in [2.45, 2.75) is 18.4 Å². The van der Waals surface area contributed by atoms with E-state index in [0.29, 0.717) is 12.2 Å². The van der Waals surface area contributed by atoms with Crippen LogP contribution in [0.4, 0.5) is 10.5 Å². The number of likely N-dealkylation sites (N-methyl/N-ethyl adjacent to an activating group) is 1. The van der Waals surface area contributed by atoms with Crippen molar-refractivity contribution in [1.82, 2.24) is 10.2 Å². The van der Waals surface area contributed by atoms with E-state index in [0.717, 1.165) is 18.4 Å². The van der Waals surface area contributed by atoms with E-state index in [2.05, 4.69) is 5.32 Å². The first kappa shape index (κ1) is 12.7. The summed E-state index contributed by atoms with van der Waals surface area (Å²) in [6, 6.07) is 7.43. The summed E-state index contributed by atoms with van der Waals surface area (Å²) in [6.45, 7) is 0.288. The minimum atomic E-state index is -0.313. The fraction of sp³-hybridized carbons (Fsp3) is 0.462. The molecule has 5 nitrogen and oxygen atoms in total. The molecule has 1 aromatic rings. The van der Waals surface area contributed by atoms with E-state index in [1.54, 1.807) is 7.05 Å². The number of carbonyl (C=O) groups excluding carboxylic acids is 1. The molecule has 1 aliphatic rings. The molecule has 0 spiro atoms. The van der Waals surface area contributed by atoms with Crippen LogP contribution in [0.1, 0.15) is 18.4 Å². The molecule has 2 amide bonds. The van der Waals surface area contributed by atoms with Gasteiger partial charge in [0.1, 0.15) is 0 Å². The van der Waals surface area contributed by atoms with Crippen molar-refractivity contribution in [2.75, 3.05) is 25.9 Å². The van der Waals surface area contributed by atoms with Gasteiger partial charge in [-0.3, -0.25) is 0 Å². The van der Waals surface area contributed by atoms with E-state index in [9.17, 15) is 4.79 Å². The van der Waals surface area contributed by atoms with Gasteiger partial charge in [-0.05, 0) is 18.9 Å². The van der Waals surface area contributed by atoms with E-state index >= 15 is 0 Å². The number of anilines is 1. The van der Waals surface area contributed by atoms with Crippen molar-refractivity contribution in [2.24, 2.45) is 0 Å². The summed E-state index contributed by atoms with van der Waals surface area (Å²) in [5.41, 5.74) is 7.33. The molecule has 1 aliphatic carbocycles. The Labute approximate surface area is 107 Å². The van der Waals surface area contributed by atoms with Crippen LogP contribution >= 0.6 is 0 Å². The number of aliphatic hydroxyl groups is 1. The van der Waals surface area contributed by atoms with Crippen LogP contribution < -0.4 is 11.1 Å². The number of hydrogen-bond acceptors (Lipinski definition) is 3. The van der Waals surface area contributed by atoms with Crippen molar-refractivity contribution in [3.05, 3.63) is 29.8 Å². The van der Waals surface area contributed by atoms with Gasteiger partial charge in [0.15, 0.2) is 0 Å². The number of nitrogen functional groups attached to an aromatic ring is 1. The number of nitrogens with two attached hydrogens (primary N) is 1. The maximum absolute atomic E-state index is 11.9. The van der Waals surface area contributed by atoms with Gasteiger partial charge in [0.2, 0.25) is 0 Å². The average molecular weight is 249 g/mol. The molecule has 0 saturated heterocycles. The summed E-state index contributed by atoms with van der Waals surface area (Å²) in [5.74, 6) is 0. The third-order valence-corrected chi connectivity index (χ3v) is 3.35. The second kappa shape index (κ2) is 4.86. The molecule has 0 bridgehead atoms. The molecule has 0 unspecified atom stereocenters. The summed E-state index contributed by atoms with van der Waals surface area (Å²) in [5, 5.41) is 11.8. The lowest BCUT2D eigenvalue weighted by molar-refractivity contribution is 0.186. The van der Waals surface area contributed by atoms with Crippen LogP contribution in [0.3, 0.4) is 0 Å². The number of aliphatic hydroxyl groups excluding tert-OH is 1. The number of nitrogens with zero attached hydrogens (tertiary/aromatic N) is 1. The van der Waals surface area contributed by atoms with Gasteiger partial charge in [0.05, 0.1) is 12.1 Å². The van der Waals surface area contributed by atoms with E-state index in [1.807, 2.05) is 24.3 Å². The Hall–Kier alpha value is -1.75. The molecule has 2 rings (SSSR count). The summed E-state index contributed by atoms with van der Waals surface area (Å²) in [6.07, 6.45) is 1.81. The van der Waals surface area contributed by atoms with E-state index < -0.39 is 0 Å². The Kier molecular flexibility index (Phi) is 3.43. The zero-order valence-electron chi connectivity index (χ0n) is 10.5. The molecule has 4 N–H and O–H groups in total. The maximum atomic E-state index is 11.9. The highest BCUT2D eigenvalue weighted by Gasteiger charge is 2.47. The largest absolute Gasteiger partial charge is 0.398 e. The van der Waals surface area contributed by atoms with Gasteiger partial charge in [0.25, 0.3) is 0 Å². The van der Waals surface area contributed by atoms with Crippen molar-refractivity contribution < 1.29 is 9.90 Å². The topological polar surface area (TPSA) is 78.6 Å². The number of urea groups is 1. The number of rotatable bonds is 4. The Bertz CT molecular complexity index is 444. The Morgan fingerprint density at radius 2 is 2.17 bits per heavy atom. The third-order valence-electron chi connectivity index (χ3n) is 3.35. The van der Waals surface area contributed by atoms with Gasteiger partial charge in [-0.25, -0.2) is 4.79 Å². The molecular weight excluding hydrogens is 230 g/mol. The number of hydrogen-bond donors (Lipinski definition) is 3. The summed E-state index contributed by atoms with van der Waals surface area (Å²) in [4.78, 5) is 13.4. The predicted molar refractivity (Wildman–Crippen MR) is 70.0 cm³/mol. The smallest absolute Gasteiger partial charge is 0.317 e. The first-order chi connectivity index (χ1) is 8.59. The minimum absolute atomic E-state index is 0.0373. The van der Waals surface area contributed by atoms with Crippen molar-refractivity contribution in [3.63, 3.8) is 0 Å². The van der Waals surface area contributed by atoms with E-state index in [-0.39, 0.29) is 18.2 Å². The van der Waals surface area contributed by atoms with Crippen LogP contribution in [0.5, 0.6) is 0 Å². The van der Waals surface area contributed by atoms with Gasteiger partial charge in [-0.15, -0.1) is 0 Å². The fourth-order valence-electron chi connectivity index (χ4n) is 2.07. The molecule has 0 atom stereocenters. The molecule has 0 aliphatic heterocycles. The van der Waals surface area contributed by atoms with Crippen molar-refractivity contribution in [1.29, 1.82) is 0 Å². The molecule has 0 heterocycles. The molecule has 0 aromatic heterocycles. The monoisotopic (exact) mass is 249 g/mol. The Morgan fingerprint density at radius 1 is 1.50 bits per heavy atom. The zero-order chi connectivity index (χ0) is 13.2. The number of amides is 2. The molecule has 5 heteroatoms. The molecule has 98 valence electrons. The lowest BCUT2D eigenvalue weighted by atomic mass is 10.0. The molecular formula is C13H19N3O2. The molecule has 1 aromatic carbocycles. The maximum Gasteiger partial charge on any atom is 0.317 e. The Morgan fingerprint density at radius 3 is 2.72 bits per heavy atom. The van der Waals surface area contributed by atoms with E-state index in [4.69, 9.17) is 10.8 Å². The Balaban J connectivity index is 2.09. The number of para-hydroxylation sites is 1. The highest BCUT2D eigenvalue weighted by Crippen LogP contribution is 2.47. The van der Waals surface area contributed by atoms with Crippen molar-refractivity contribution in [3.8, 4) is 0 Å². The average Bonchev–Trinajstić information content (AvgIpc) is 3.10. The normalized spacial score (nSPS) is 16.1. The SMILES string of the molecule is CN(CCO)C(=O)NC1(c2ccccc2N)CC1.